The molecule has 3 aromatic rings. The molecule has 0 unspecified atom stereocenters. The van der Waals surface area contributed by atoms with Crippen LogP contribution >= 0.6 is 11.3 Å². The number of carbonyl (C=O) groups is 1. The number of aliphatic carboxylic acids is 1. The van der Waals surface area contributed by atoms with Crippen LogP contribution in [-0.4, -0.2) is 34.3 Å². The smallest absolute Gasteiger partial charge is 0.329 e. The summed E-state index contributed by atoms with van der Waals surface area (Å²) in [7, 11) is 1.57. The quantitative estimate of drug-likeness (QED) is 0.658. The summed E-state index contributed by atoms with van der Waals surface area (Å²) in [6, 6.07) is 6.10. The number of aromatic nitrogens is 2. The van der Waals surface area contributed by atoms with E-state index in [9.17, 15) is 14.7 Å². The molecule has 3 rings (SSSR count). The number of fused-ring (bicyclic) bond motifs is 1. The van der Waals surface area contributed by atoms with E-state index in [-0.39, 0.29) is 5.56 Å². The molecule has 1 aromatic carbocycles. The molecule has 0 fully saturated rings. The second-order valence-electron chi connectivity index (χ2n) is 7.79. The van der Waals surface area contributed by atoms with Crippen molar-refractivity contribution in [3.8, 4) is 11.1 Å². The van der Waals surface area contributed by atoms with Gasteiger partial charge in [0.15, 0.2) is 0 Å². The molecule has 0 amide bonds. The van der Waals surface area contributed by atoms with Crippen molar-refractivity contribution in [2.24, 2.45) is 0 Å². The van der Waals surface area contributed by atoms with Gasteiger partial charge in [0.1, 0.15) is 16.2 Å². The third-order valence-electron chi connectivity index (χ3n) is 5.38. The third-order valence-corrected chi connectivity index (χ3v) is 6.38. The van der Waals surface area contributed by atoms with E-state index in [0.717, 1.165) is 21.6 Å². The second kappa shape index (κ2) is 7.72. The standard InChI is InChI=1S/C22H26N2O4S/c1-12-7-8-15(11-13(12)2)17-14(3)29-19-18(17)20(25)24(22(4,5)21(26)27)16(23-19)9-10-28-6/h7-8,11H,9-10H2,1-6H3,(H,26,27). The molecule has 0 atom stereocenters. The van der Waals surface area contributed by atoms with Crippen LogP contribution in [0.5, 0.6) is 0 Å². The number of hydrogen-bond donors (Lipinski definition) is 1. The van der Waals surface area contributed by atoms with Crippen LogP contribution in [0.1, 0.15) is 35.7 Å². The van der Waals surface area contributed by atoms with Crippen LogP contribution in [0.15, 0.2) is 23.0 Å². The minimum atomic E-state index is -1.43. The number of hydrogen-bond acceptors (Lipinski definition) is 5. The van der Waals surface area contributed by atoms with Gasteiger partial charge in [-0.25, -0.2) is 9.78 Å². The van der Waals surface area contributed by atoms with Crippen LogP contribution in [0.2, 0.25) is 0 Å². The van der Waals surface area contributed by atoms with E-state index in [1.807, 2.05) is 32.9 Å². The molecule has 0 saturated heterocycles. The summed E-state index contributed by atoms with van der Waals surface area (Å²) < 4.78 is 6.46. The number of nitrogens with zero attached hydrogens (tertiary/aromatic N) is 2. The van der Waals surface area contributed by atoms with E-state index in [0.29, 0.717) is 29.1 Å². The minimum absolute atomic E-state index is 0.328. The molecule has 0 aliphatic carbocycles. The number of rotatable bonds is 6. The van der Waals surface area contributed by atoms with Gasteiger partial charge in [0.2, 0.25) is 0 Å². The number of carboxylic acids is 1. The molecule has 2 aromatic heterocycles. The number of methoxy groups -OCH3 is 1. The Kier molecular flexibility index (Phi) is 5.65. The van der Waals surface area contributed by atoms with Gasteiger partial charge in [-0.15, -0.1) is 11.3 Å². The van der Waals surface area contributed by atoms with Crippen LogP contribution in [0.25, 0.3) is 21.3 Å². The first-order chi connectivity index (χ1) is 13.6. The number of aryl methyl sites for hydroxylation is 3. The summed E-state index contributed by atoms with van der Waals surface area (Å²) >= 11 is 1.46. The predicted molar refractivity (Wildman–Crippen MR) is 116 cm³/mol. The van der Waals surface area contributed by atoms with Crippen LogP contribution in [0, 0.1) is 20.8 Å². The molecule has 0 spiro atoms. The summed E-state index contributed by atoms with van der Waals surface area (Å²) in [4.78, 5) is 31.9. The lowest BCUT2D eigenvalue weighted by Gasteiger charge is -2.25. The van der Waals surface area contributed by atoms with Gasteiger partial charge in [0.05, 0.1) is 12.0 Å². The fourth-order valence-corrected chi connectivity index (χ4v) is 4.54. The topological polar surface area (TPSA) is 81.4 Å². The van der Waals surface area contributed by atoms with Crippen LogP contribution < -0.4 is 5.56 Å². The zero-order valence-electron chi connectivity index (χ0n) is 17.6. The Bertz CT molecular complexity index is 1160. The molecular formula is C22H26N2O4S. The van der Waals surface area contributed by atoms with E-state index < -0.39 is 11.5 Å². The fourth-order valence-electron chi connectivity index (χ4n) is 3.48. The fraction of sp³-hybridized carbons (Fsp3) is 0.409. The zero-order valence-corrected chi connectivity index (χ0v) is 18.4. The van der Waals surface area contributed by atoms with Crippen LogP contribution in [-0.2, 0) is 21.5 Å². The highest BCUT2D eigenvalue weighted by Crippen LogP contribution is 2.37. The van der Waals surface area contributed by atoms with Gasteiger partial charge in [-0.1, -0.05) is 18.2 Å². The van der Waals surface area contributed by atoms with Crippen molar-refractivity contribution in [1.29, 1.82) is 0 Å². The van der Waals surface area contributed by atoms with Crippen LogP contribution in [0.3, 0.4) is 0 Å². The first-order valence-electron chi connectivity index (χ1n) is 9.45. The molecule has 0 aliphatic heterocycles. The monoisotopic (exact) mass is 414 g/mol. The van der Waals surface area contributed by atoms with Gasteiger partial charge in [-0.05, 0) is 51.3 Å². The number of thiophene rings is 1. The third kappa shape index (κ3) is 3.60. The maximum absolute atomic E-state index is 13.6. The largest absolute Gasteiger partial charge is 0.480 e. The van der Waals surface area contributed by atoms with E-state index in [4.69, 9.17) is 9.72 Å². The summed E-state index contributed by atoms with van der Waals surface area (Å²) in [6.07, 6.45) is 0.355. The van der Waals surface area contributed by atoms with Gasteiger partial charge >= 0.3 is 5.97 Å². The Labute approximate surface area is 173 Å². The van der Waals surface area contributed by atoms with Crippen LogP contribution in [0.4, 0.5) is 0 Å². The highest BCUT2D eigenvalue weighted by atomic mass is 32.1. The lowest BCUT2D eigenvalue weighted by atomic mass is 9.98. The zero-order chi connectivity index (χ0) is 21.5. The molecule has 7 heteroatoms. The van der Waals surface area contributed by atoms with Crippen molar-refractivity contribution in [3.05, 3.63) is 50.4 Å². The van der Waals surface area contributed by atoms with Crippen molar-refractivity contribution < 1.29 is 14.6 Å². The van der Waals surface area contributed by atoms with Crippen molar-refractivity contribution in [2.75, 3.05) is 13.7 Å². The molecular weight excluding hydrogens is 388 g/mol. The molecule has 0 aliphatic rings. The van der Waals surface area contributed by atoms with E-state index >= 15 is 0 Å². The molecule has 0 bridgehead atoms. The molecule has 2 heterocycles. The van der Waals surface area contributed by atoms with E-state index in [2.05, 4.69) is 6.07 Å². The highest BCUT2D eigenvalue weighted by molar-refractivity contribution is 7.19. The molecule has 0 saturated carbocycles. The maximum atomic E-state index is 13.6. The van der Waals surface area contributed by atoms with E-state index in [1.54, 1.807) is 7.11 Å². The van der Waals surface area contributed by atoms with Crippen molar-refractivity contribution in [2.45, 2.75) is 46.6 Å². The van der Waals surface area contributed by atoms with Gasteiger partial charge < -0.3 is 9.84 Å². The summed E-state index contributed by atoms with van der Waals surface area (Å²) in [5, 5.41) is 10.3. The molecule has 0 radical (unpaired) electrons. The normalized spacial score (nSPS) is 11.9. The van der Waals surface area contributed by atoms with Gasteiger partial charge in [-0.2, -0.15) is 0 Å². The summed E-state index contributed by atoms with van der Waals surface area (Å²) in [6.45, 7) is 9.45. The number of ether oxygens (including phenoxy) is 1. The number of carboxylic acid groups (broad SMARTS) is 1. The van der Waals surface area contributed by atoms with Crippen molar-refractivity contribution in [1.82, 2.24) is 9.55 Å². The Morgan fingerprint density at radius 3 is 2.52 bits per heavy atom. The van der Waals surface area contributed by atoms with Gasteiger partial charge in [0, 0.05) is 24.0 Å². The SMILES string of the molecule is COCCc1nc2sc(C)c(-c3ccc(C)c(C)c3)c2c(=O)n1C(C)(C)C(=O)O. The molecule has 154 valence electrons. The van der Waals surface area contributed by atoms with E-state index in [1.165, 1.54) is 35.3 Å². The molecule has 29 heavy (non-hydrogen) atoms. The Hall–Kier alpha value is -2.51. The van der Waals surface area contributed by atoms with Gasteiger partial charge in [-0.3, -0.25) is 9.36 Å². The Morgan fingerprint density at radius 1 is 1.24 bits per heavy atom. The summed E-state index contributed by atoms with van der Waals surface area (Å²) in [5.41, 5.74) is 2.33. The van der Waals surface area contributed by atoms with Crippen molar-refractivity contribution in [3.63, 3.8) is 0 Å². The highest BCUT2D eigenvalue weighted by Gasteiger charge is 2.34. The average molecular weight is 415 g/mol. The first-order valence-corrected chi connectivity index (χ1v) is 10.3. The Morgan fingerprint density at radius 2 is 1.93 bits per heavy atom. The van der Waals surface area contributed by atoms with Crippen molar-refractivity contribution >= 4 is 27.5 Å². The molecule has 1 N–H and O–H groups in total. The van der Waals surface area contributed by atoms with Gasteiger partial charge in [0.25, 0.3) is 5.56 Å². The summed E-state index contributed by atoms with van der Waals surface area (Å²) in [5.74, 6) is -0.663. The molecule has 6 nitrogen and oxygen atoms in total. The first kappa shape index (κ1) is 21.2. The second-order valence-corrected chi connectivity index (χ2v) is 8.99. The lowest BCUT2D eigenvalue weighted by Crippen LogP contribution is -2.45. The predicted octanol–water partition coefficient (Wildman–Crippen LogP) is 4.06. The minimum Gasteiger partial charge on any atom is -0.480 e. The lowest BCUT2D eigenvalue weighted by molar-refractivity contribution is -0.146. The average Bonchev–Trinajstić information content (AvgIpc) is 2.98. The number of benzene rings is 1. The Balaban J connectivity index is 2.40. The maximum Gasteiger partial charge on any atom is 0.329 e.